The molecule has 1 heterocycles. The Morgan fingerprint density at radius 2 is 2.31 bits per heavy atom. The Hall–Kier alpha value is -1.40. The third-order valence-corrected chi connectivity index (χ3v) is 2.96. The Morgan fingerprint density at radius 3 is 2.81 bits per heavy atom. The first-order valence-corrected chi connectivity index (χ1v) is 5.70. The molecule has 5 nitrogen and oxygen atoms in total. The maximum absolute atomic E-state index is 11.6. The molecule has 0 aliphatic heterocycles. The fourth-order valence-electron chi connectivity index (χ4n) is 1.24. The summed E-state index contributed by atoms with van der Waals surface area (Å²) in [6, 6.07) is 2.44. The van der Waals surface area contributed by atoms with Crippen molar-refractivity contribution in [1.82, 2.24) is 5.32 Å². The van der Waals surface area contributed by atoms with Gasteiger partial charge in [-0.25, -0.2) is 0 Å². The number of rotatable bonds is 5. The zero-order chi connectivity index (χ0) is 12.1. The summed E-state index contributed by atoms with van der Waals surface area (Å²) in [5, 5.41) is 12.9. The van der Waals surface area contributed by atoms with E-state index in [0.29, 0.717) is 0 Å². The van der Waals surface area contributed by atoms with Gasteiger partial charge < -0.3 is 16.2 Å². The van der Waals surface area contributed by atoms with Gasteiger partial charge in [0.15, 0.2) is 0 Å². The molecule has 16 heavy (non-hydrogen) atoms. The minimum atomic E-state index is -0.947. The normalized spacial score (nSPS) is 14.1. The molecule has 88 valence electrons. The lowest BCUT2D eigenvalue weighted by Crippen LogP contribution is -2.40. The fraction of sp³-hybridized carbons (Fsp3) is 0.400. The smallest absolute Gasteiger partial charge is 0.305 e. The number of hydrogen-bond acceptors (Lipinski definition) is 4. The third kappa shape index (κ3) is 3.63. The SMILES string of the molecule is CC(CC(=O)O)NC(=O)C(N)c1cccs1. The summed E-state index contributed by atoms with van der Waals surface area (Å²) in [7, 11) is 0. The van der Waals surface area contributed by atoms with Gasteiger partial charge in [0.25, 0.3) is 0 Å². The molecule has 0 aromatic carbocycles. The van der Waals surface area contributed by atoms with Crippen molar-refractivity contribution >= 4 is 23.2 Å². The van der Waals surface area contributed by atoms with Gasteiger partial charge in [0, 0.05) is 10.9 Å². The molecule has 1 rings (SSSR count). The van der Waals surface area contributed by atoms with Crippen molar-refractivity contribution in [3.8, 4) is 0 Å². The van der Waals surface area contributed by atoms with Crippen LogP contribution in [0.1, 0.15) is 24.3 Å². The van der Waals surface area contributed by atoms with E-state index in [2.05, 4.69) is 5.32 Å². The Labute approximate surface area is 97.3 Å². The standard InChI is InChI=1S/C10H14N2O3S/c1-6(5-8(13)14)12-10(15)9(11)7-3-2-4-16-7/h2-4,6,9H,5,11H2,1H3,(H,12,15)(H,13,14). The molecule has 0 saturated carbocycles. The number of carboxylic acid groups (broad SMARTS) is 1. The molecule has 4 N–H and O–H groups in total. The molecule has 0 fully saturated rings. The summed E-state index contributed by atoms with van der Waals surface area (Å²) in [5.41, 5.74) is 5.71. The second kappa shape index (κ2) is 5.62. The average molecular weight is 242 g/mol. The van der Waals surface area contributed by atoms with Gasteiger partial charge in [-0.15, -0.1) is 11.3 Å². The Morgan fingerprint density at radius 1 is 1.62 bits per heavy atom. The number of carbonyl (C=O) groups excluding carboxylic acids is 1. The number of hydrogen-bond donors (Lipinski definition) is 3. The van der Waals surface area contributed by atoms with Crippen molar-refractivity contribution in [3.63, 3.8) is 0 Å². The first kappa shape index (κ1) is 12.7. The van der Waals surface area contributed by atoms with E-state index in [9.17, 15) is 9.59 Å². The van der Waals surface area contributed by atoms with Crippen molar-refractivity contribution in [1.29, 1.82) is 0 Å². The summed E-state index contributed by atoms with van der Waals surface area (Å²) in [6.45, 7) is 1.63. The van der Waals surface area contributed by atoms with Crippen LogP contribution in [0.25, 0.3) is 0 Å². The zero-order valence-corrected chi connectivity index (χ0v) is 9.66. The van der Waals surface area contributed by atoms with Gasteiger partial charge in [-0.3, -0.25) is 9.59 Å². The van der Waals surface area contributed by atoms with E-state index in [-0.39, 0.29) is 12.3 Å². The second-order valence-electron chi connectivity index (χ2n) is 3.50. The van der Waals surface area contributed by atoms with Crippen molar-refractivity contribution in [2.45, 2.75) is 25.4 Å². The first-order chi connectivity index (χ1) is 7.50. The van der Waals surface area contributed by atoms with E-state index in [4.69, 9.17) is 10.8 Å². The van der Waals surface area contributed by atoms with Gasteiger partial charge in [0.05, 0.1) is 6.42 Å². The molecule has 2 atom stereocenters. The van der Waals surface area contributed by atoms with Crippen LogP contribution in [0, 0.1) is 0 Å². The highest BCUT2D eigenvalue weighted by Crippen LogP contribution is 2.16. The van der Waals surface area contributed by atoms with Crippen LogP contribution in [0.15, 0.2) is 17.5 Å². The molecule has 0 saturated heterocycles. The van der Waals surface area contributed by atoms with E-state index >= 15 is 0 Å². The average Bonchev–Trinajstić information content (AvgIpc) is 2.67. The Balaban J connectivity index is 2.49. The van der Waals surface area contributed by atoms with Gasteiger partial charge in [-0.05, 0) is 18.4 Å². The lowest BCUT2D eigenvalue weighted by Gasteiger charge is -2.15. The largest absolute Gasteiger partial charge is 0.481 e. The second-order valence-corrected chi connectivity index (χ2v) is 4.48. The molecule has 0 aliphatic carbocycles. The summed E-state index contributed by atoms with van der Waals surface area (Å²) in [4.78, 5) is 22.8. The minimum Gasteiger partial charge on any atom is -0.481 e. The Bertz CT molecular complexity index is 364. The highest BCUT2D eigenvalue weighted by molar-refractivity contribution is 7.10. The van der Waals surface area contributed by atoms with Crippen LogP contribution < -0.4 is 11.1 Å². The van der Waals surface area contributed by atoms with Crippen molar-refractivity contribution < 1.29 is 14.7 Å². The van der Waals surface area contributed by atoms with Crippen LogP contribution in [0.3, 0.4) is 0 Å². The fourth-order valence-corrected chi connectivity index (χ4v) is 1.97. The van der Waals surface area contributed by atoms with E-state index in [0.717, 1.165) is 4.88 Å². The third-order valence-electron chi connectivity index (χ3n) is 2.00. The van der Waals surface area contributed by atoms with Crippen molar-refractivity contribution in [3.05, 3.63) is 22.4 Å². The molecule has 0 aliphatic rings. The molecule has 0 bridgehead atoms. The lowest BCUT2D eigenvalue weighted by molar-refractivity contribution is -0.137. The molecule has 1 aromatic heterocycles. The number of carbonyl (C=O) groups is 2. The van der Waals surface area contributed by atoms with Crippen LogP contribution in [0.4, 0.5) is 0 Å². The lowest BCUT2D eigenvalue weighted by atomic mass is 10.2. The summed E-state index contributed by atoms with van der Waals surface area (Å²) < 4.78 is 0. The van der Waals surface area contributed by atoms with Crippen LogP contribution in [-0.4, -0.2) is 23.0 Å². The summed E-state index contributed by atoms with van der Waals surface area (Å²) >= 11 is 1.40. The highest BCUT2D eigenvalue weighted by atomic mass is 32.1. The van der Waals surface area contributed by atoms with Gasteiger partial charge in [-0.2, -0.15) is 0 Å². The van der Waals surface area contributed by atoms with E-state index in [1.54, 1.807) is 13.0 Å². The number of carboxylic acids is 1. The van der Waals surface area contributed by atoms with Crippen LogP contribution >= 0.6 is 11.3 Å². The molecule has 2 unspecified atom stereocenters. The predicted molar refractivity (Wildman–Crippen MR) is 61.1 cm³/mol. The van der Waals surface area contributed by atoms with Crippen LogP contribution in [0.5, 0.6) is 0 Å². The number of aliphatic carboxylic acids is 1. The molecule has 6 heteroatoms. The van der Waals surface area contributed by atoms with Crippen LogP contribution in [0.2, 0.25) is 0 Å². The monoisotopic (exact) mass is 242 g/mol. The topological polar surface area (TPSA) is 92.4 Å². The molecule has 0 radical (unpaired) electrons. The predicted octanol–water partition coefficient (Wildman–Crippen LogP) is 0.727. The maximum Gasteiger partial charge on any atom is 0.305 e. The van der Waals surface area contributed by atoms with Gasteiger partial charge >= 0.3 is 5.97 Å². The van der Waals surface area contributed by atoms with E-state index in [1.165, 1.54) is 11.3 Å². The minimum absolute atomic E-state index is 0.108. The van der Waals surface area contributed by atoms with Crippen molar-refractivity contribution in [2.24, 2.45) is 5.73 Å². The maximum atomic E-state index is 11.6. The molecular weight excluding hydrogens is 228 g/mol. The molecular formula is C10H14N2O3S. The molecule has 0 spiro atoms. The van der Waals surface area contributed by atoms with Gasteiger partial charge in [0.1, 0.15) is 6.04 Å². The van der Waals surface area contributed by atoms with E-state index in [1.807, 2.05) is 11.4 Å². The number of nitrogens with two attached hydrogens (primary N) is 1. The zero-order valence-electron chi connectivity index (χ0n) is 8.84. The molecule has 1 amide bonds. The number of nitrogens with one attached hydrogen (secondary N) is 1. The Kier molecular flexibility index (Phi) is 4.45. The van der Waals surface area contributed by atoms with E-state index < -0.39 is 18.1 Å². The van der Waals surface area contributed by atoms with Crippen LogP contribution in [-0.2, 0) is 9.59 Å². The summed E-state index contributed by atoms with van der Waals surface area (Å²) in [5.74, 6) is -1.30. The summed E-state index contributed by atoms with van der Waals surface area (Å²) in [6.07, 6.45) is -0.108. The van der Waals surface area contributed by atoms with Crippen molar-refractivity contribution in [2.75, 3.05) is 0 Å². The first-order valence-electron chi connectivity index (χ1n) is 4.82. The molecule has 1 aromatic rings. The quantitative estimate of drug-likeness (QED) is 0.709. The number of amides is 1. The van der Waals surface area contributed by atoms with Gasteiger partial charge in [-0.1, -0.05) is 6.07 Å². The highest BCUT2D eigenvalue weighted by Gasteiger charge is 2.19. The van der Waals surface area contributed by atoms with Gasteiger partial charge in [0.2, 0.25) is 5.91 Å². The number of thiophene rings is 1.